The number of rotatable bonds is 4. The van der Waals surface area contributed by atoms with Gasteiger partial charge in [0.15, 0.2) is 5.76 Å². The van der Waals surface area contributed by atoms with E-state index in [1.807, 2.05) is 4.90 Å². The highest BCUT2D eigenvalue weighted by Crippen LogP contribution is 2.28. The molecule has 0 saturated carbocycles. The predicted octanol–water partition coefficient (Wildman–Crippen LogP) is 2.15. The van der Waals surface area contributed by atoms with Crippen LogP contribution in [0.3, 0.4) is 0 Å². The monoisotopic (exact) mass is 346 g/mol. The van der Waals surface area contributed by atoms with E-state index >= 15 is 0 Å². The third-order valence-corrected chi connectivity index (χ3v) is 5.08. The molecule has 4 heterocycles. The summed E-state index contributed by atoms with van der Waals surface area (Å²) in [6, 6.07) is 1.60. The van der Waals surface area contributed by atoms with Crippen molar-refractivity contribution in [1.82, 2.24) is 9.80 Å². The van der Waals surface area contributed by atoms with Crippen molar-refractivity contribution in [1.29, 1.82) is 0 Å². The van der Waals surface area contributed by atoms with Crippen molar-refractivity contribution in [3.05, 3.63) is 40.0 Å². The molecule has 3 aliphatic heterocycles. The Morgan fingerprint density at radius 1 is 1.32 bits per heavy atom. The molecule has 0 N–H and O–H groups in total. The van der Waals surface area contributed by atoms with Crippen LogP contribution in [0.4, 0.5) is 0 Å². The molecule has 0 spiro atoms. The van der Waals surface area contributed by atoms with Crippen molar-refractivity contribution in [3.63, 3.8) is 0 Å². The molecule has 4 rings (SSSR count). The van der Waals surface area contributed by atoms with E-state index in [1.54, 1.807) is 0 Å². The Balaban J connectivity index is 1.75. The zero-order chi connectivity index (χ0) is 18.0. The lowest BCUT2D eigenvalue weighted by molar-refractivity contribution is 0.0705. The topological polar surface area (TPSA) is 63.0 Å². The van der Waals surface area contributed by atoms with E-state index in [-0.39, 0.29) is 22.8 Å². The van der Waals surface area contributed by atoms with Gasteiger partial charge in [-0.3, -0.25) is 14.5 Å². The molecular weight excluding hydrogens is 320 g/mol. The van der Waals surface area contributed by atoms with Crippen LogP contribution in [-0.2, 0) is 0 Å². The molecule has 0 aliphatic carbocycles. The molecule has 2 bridgehead atoms. The van der Waals surface area contributed by atoms with E-state index < -0.39 is 0 Å². The number of allylic oxidation sites excluding steroid dienone is 1. The maximum Gasteiger partial charge on any atom is 0.289 e. The normalized spacial score (nSPS) is 23.2. The maximum absolute atomic E-state index is 12.8. The molecule has 3 saturated heterocycles. The van der Waals surface area contributed by atoms with Crippen LogP contribution in [0.5, 0.6) is 5.75 Å². The number of carbonyl (C=O) groups is 1. The van der Waals surface area contributed by atoms with Gasteiger partial charge in [-0.1, -0.05) is 11.6 Å². The molecule has 136 valence electrons. The second kappa shape index (κ2) is 7.44. The third-order valence-electron chi connectivity index (χ3n) is 5.08. The molecule has 0 unspecified atom stereocenters. The van der Waals surface area contributed by atoms with Crippen LogP contribution in [0.25, 0.3) is 0 Å². The van der Waals surface area contributed by atoms with Crippen molar-refractivity contribution in [3.8, 4) is 5.75 Å². The fourth-order valence-corrected chi connectivity index (χ4v) is 3.68. The number of hydrogen-bond donors (Lipinski definition) is 0. The highest BCUT2D eigenvalue weighted by Gasteiger charge is 2.36. The van der Waals surface area contributed by atoms with E-state index in [0.29, 0.717) is 18.5 Å². The maximum atomic E-state index is 12.8. The zero-order valence-electron chi connectivity index (χ0n) is 15.2. The molecule has 1 aromatic heterocycles. The average Bonchev–Trinajstić information content (AvgIpc) is 2.91. The number of carbonyl (C=O) groups excluding carboxylic acids is 1. The Bertz CT molecular complexity index is 720. The Hall–Kier alpha value is -2.08. The summed E-state index contributed by atoms with van der Waals surface area (Å²) in [7, 11) is 1.40. The standard InChI is InChI=1S/C19H26N2O4/c1-13(2)6-7-20-9-14-4-5-15(20)11-21(10-14)19(23)17-8-16(22)18(24-3)12-25-17/h6,8,12,14-15H,4-5,7,9-11H2,1-3H3/t14-,15-/m1/s1. The summed E-state index contributed by atoms with van der Waals surface area (Å²) in [6.07, 6.45) is 5.71. The summed E-state index contributed by atoms with van der Waals surface area (Å²) in [5, 5.41) is 0. The summed E-state index contributed by atoms with van der Waals surface area (Å²) in [6.45, 7) is 7.57. The van der Waals surface area contributed by atoms with Gasteiger partial charge in [-0.2, -0.15) is 0 Å². The molecule has 0 radical (unpaired) electrons. The highest BCUT2D eigenvalue weighted by molar-refractivity contribution is 5.91. The highest BCUT2D eigenvalue weighted by atomic mass is 16.5. The van der Waals surface area contributed by atoms with E-state index in [4.69, 9.17) is 9.15 Å². The first-order chi connectivity index (χ1) is 12.0. The van der Waals surface area contributed by atoms with Crippen molar-refractivity contribution in [2.45, 2.75) is 32.7 Å². The molecular formula is C19H26N2O4. The first-order valence-corrected chi connectivity index (χ1v) is 8.81. The molecule has 25 heavy (non-hydrogen) atoms. The minimum Gasteiger partial charge on any atom is -0.490 e. The van der Waals surface area contributed by atoms with Crippen molar-refractivity contribution < 1.29 is 13.9 Å². The van der Waals surface area contributed by atoms with Gasteiger partial charge in [-0.25, -0.2) is 0 Å². The van der Waals surface area contributed by atoms with Crippen LogP contribution < -0.4 is 10.2 Å². The van der Waals surface area contributed by atoms with Gasteiger partial charge in [0.2, 0.25) is 11.2 Å². The zero-order valence-corrected chi connectivity index (χ0v) is 15.2. The SMILES string of the molecule is COc1coc(C(=O)N2C[C@@H]3CC[C@H](C2)N(CC=C(C)C)C3)cc1=O. The number of piperidine rings is 1. The summed E-state index contributed by atoms with van der Waals surface area (Å²) in [5.74, 6) is 0.460. The van der Waals surface area contributed by atoms with Gasteiger partial charge in [0.1, 0.15) is 6.26 Å². The van der Waals surface area contributed by atoms with Gasteiger partial charge in [-0.05, 0) is 32.6 Å². The Morgan fingerprint density at radius 2 is 2.12 bits per heavy atom. The lowest BCUT2D eigenvalue weighted by Crippen LogP contribution is -2.44. The number of fused-ring (bicyclic) bond motifs is 4. The summed E-state index contributed by atoms with van der Waals surface area (Å²) < 4.78 is 10.2. The summed E-state index contributed by atoms with van der Waals surface area (Å²) in [5.41, 5.74) is 0.980. The summed E-state index contributed by atoms with van der Waals surface area (Å²) >= 11 is 0. The average molecular weight is 346 g/mol. The van der Waals surface area contributed by atoms with Crippen LogP contribution in [-0.4, -0.2) is 55.0 Å². The van der Waals surface area contributed by atoms with Crippen molar-refractivity contribution in [2.75, 3.05) is 33.3 Å². The van der Waals surface area contributed by atoms with Crippen LogP contribution >= 0.6 is 0 Å². The summed E-state index contributed by atoms with van der Waals surface area (Å²) in [4.78, 5) is 29.0. The predicted molar refractivity (Wildman–Crippen MR) is 94.9 cm³/mol. The molecule has 1 aromatic rings. The van der Waals surface area contributed by atoms with E-state index in [1.165, 1.54) is 25.0 Å². The fourth-order valence-electron chi connectivity index (χ4n) is 3.68. The number of methoxy groups -OCH3 is 1. The number of amides is 1. The fraction of sp³-hybridized carbons (Fsp3) is 0.579. The quantitative estimate of drug-likeness (QED) is 0.782. The van der Waals surface area contributed by atoms with Gasteiger partial charge in [0, 0.05) is 38.3 Å². The number of hydrogen-bond acceptors (Lipinski definition) is 5. The van der Waals surface area contributed by atoms with Gasteiger partial charge in [-0.15, -0.1) is 0 Å². The molecule has 1 amide bonds. The lowest BCUT2D eigenvalue weighted by Gasteiger charge is -2.35. The first kappa shape index (κ1) is 17.7. The van der Waals surface area contributed by atoms with E-state index in [2.05, 4.69) is 24.8 Å². The Labute approximate surface area is 148 Å². The Kier molecular flexibility index (Phi) is 5.27. The van der Waals surface area contributed by atoms with Gasteiger partial charge >= 0.3 is 0 Å². The first-order valence-electron chi connectivity index (χ1n) is 8.81. The van der Waals surface area contributed by atoms with Crippen LogP contribution in [0.1, 0.15) is 37.2 Å². The second-order valence-corrected chi connectivity index (χ2v) is 7.22. The van der Waals surface area contributed by atoms with Crippen LogP contribution in [0.2, 0.25) is 0 Å². The minimum absolute atomic E-state index is 0.0861. The molecule has 0 aromatic carbocycles. The van der Waals surface area contributed by atoms with Crippen LogP contribution in [0.15, 0.2) is 33.2 Å². The smallest absolute Gasteiger partial charge is 0.289 e. The van der Waals surface area contributed by atoms with Gasteiger partial charge in [0.05, 0.1) is 7.11 Å². The van der Waals surface area contributed by atoms with Crippen molar-refractivity contribution >= 4 is 5.91 Å². The molecule has 2 atom stereocenters. The van der Waals surface area contributed by atoms with Crippen LogP contribution in [0, 0.1) is 5.92 Å². The second-order valence-electron chi connectivity index (χ2n) is 7.22. The molecule has 6 heteroatoms. The molecule has 6 nitrogen and oxygen atoms in total. The van der Waals surface area contributed by atoms with Gasteiger partial charge < -0.3 is 14.1 Å². The van der Waals surface area contributed by atoms with Crippen molar-refractivity contribution in [2.24, 2.45) is 5.92 Å². The van der Waals surface area contributed by atoms with E-state index in [0.717, 1.165) is 32.5 Å². The lowest BCUT2D eigenvalue weighted by atomic mass is 9.95. The largest absolute Gasteiger partial charge is 0.490 e. The van der Waals surface area contributed by atoms with E-state index in [9.17, 15) is 9.59 Å². The van der Waals surface area contributed by atoms with Gasteiger partial charge in [0.25, 0.3) is 5.91 Å². The molecule has 3 fully saturated rings. The number of nitrogens with zero attached hydrogens (tertiary/aromatic N) is 2. The number of ether oxygens (including phenoxy) is 1. The third kappa shape index (κ3) is 3.95. The minimum atomic E-state index is -0.333. The molecule has 3 aliphatic rings. The Morgan fingerprint density at radius 3 is 2.80 bits per heavy atom.